The average Bonchev–Trinajstić information content (AvgIpc) is 2.99. The Hall–Kier alpha value is -2.33. The second-order valence-corrected chi connectivity index (χ2v) is 7.14. The van der Waals surface area contributed by atoms with Crippen LogP contribution in [0.4, 0.5) is 14.5 Å². The molecule has 0 aliphatic carbocycles. The Morgan fingerprint density at radius 1 is 1.17 bits per heavy atom. The maximum absolute atomic E-state index is 14.0. The van der Waals surface area contributed by atoms with E-state index in [1.807, 2.05) is 0 Å². The molecular weight excluding hydrogens is 406 g/mol. The van der Waals surface area contributed by atoms with Gasteiger partial charge >= 0.3 is 0 Å². The number of benzene rings is 2. The van der Waals surface area contributed by atoms with Gasteiger partial charge in [-0.05, 0) is 34.1 Å². The second-order valence-electron chi connectivity index (χ2n) is 4.67. The molecule has 0 radical (unpaired) electrons. The summed E-state index contributed by atoms with van der Waals surface area (Å²) in [5, 5.41) is 7.45. The Labute approximate surface area is 144 Å². The van der Waals surface area contributed by atoms with Crippen molar-refractivity contribution in [1.29, 1.82) is 0 Å². The molecule has 0 bridgehead atoms. The molecular formula is C14H9BrF2N4O2S. The largest absolute Gasteiger partial charge is 0.277 e. The summed E-state index contributed by atoms with van der Waals surface area (Å²) in [7, 11) is -4.31. The van der Waals surface area contributed by atoms with Crippen molar-refractivity contribution in [1.82, 2.24) is 15.0 Å². The number of hydrogen-bond donors (Lipinski definition) is 1. The highest BCUT2D eigenvalue weighted by Crippen LogP contribution is 2.29. The molecule has 0 fully saturated rings. The summed E-state index contributed by atoms with van der Waals surface area (Å²) < 4.78 is 55.6. The monoisotopic (exact) mass is 414 g/mol. The minimum absolute atomic E-state index is 0.165. The molecule has 0 saturated heterocycles. The average molecular weight is 415 g/mol. The van der Waals surface area contributed by atoms with Gasteiger partial charge in [-0.15, -0.1) is 5.10 Å². The Morgan fingerprint density at radius 3 is 2.58 bits per heavy atom. The molecule has 0 saturated carbocycles. The number of sulfonamides is 1. The van der Waals surface area contributed by atoms with Gasteiger partial charge in [0.15, 0.2) is 0 Å². The Bertz CT molecular complexity index is 971. The molecule has 0 aliphatic heterocycles. The van der Waals surface area contributed by atoms with Gasteiger partial charge < -0.3 is 0 Å². The fourth-order valence-electron chi connectivity index (χ4n) is 2.08. The molecule has 1 aromatic heterocycles. The van der Waals surface area contributed by atoms with Gasteiger partial charge in [0.2, 0.25) is 0 Å². The van der Waals surface area contributed by atoms with Crippen LogP contribution in [-0.2, 0) is 10.0 Å². The van der Waals surface area contributed by atoms with E-state index >= 15 is 0 Å². The van der Waals surface area contributed by atoms with Gasteiger partial charge in [0, 0.05) is 10.5 Å². The van der Waals surface area contributed by atoms with Crippen molar-refractivity contribution in [2.24, 2.45) is 0 Å². The number of para-hydroxylation sites is 2. The molecule has 3 rings (SSSR count). The van der Waals surface area contributed by atoms with Crippen LogP contribution in [0.15, 0.2) is 58.2 Å². The predicted molar refractivity (Wildman–Crippen MR) is 86.2 cm³/mol. The molecule has 0 spiro atoms. The number of anilines is 1. The van der Waals surface area contributed by atoms with E-state index in [-0.39, 0.29) is 10.2 Å². The summed E-state index contributed by atoms with van der Waals surface area (Å²) in [5.74, 6) is -2.09. The zero-order valence-electron chi connectivity index (χ0n) is 11.8. The zero-order chi connectivity index (χ0) is 17.3. The molecule has 3 aromatic rings. The van der Waals surface area contributed by atoms with Crippen LogP contribution in [0.2, 0.25) is 0 Å². The van der Waals surface area contributed by atoms with E-state index in [9.17, 15) is 17.2 Å². The van der Waals surface area contributed by atoms with Crippen LogP contribution >= 0.6 is 15.9 Å². The molecule has 2 aromatic carbocycles. The van der Waals surface area contributed by atoms with Crippen molar-refractivity contribution < 1.29 is 17.2 Å². The predicted octanol–water partition coefficient (Wildman–Crippen LogP) is 3.11. The lowest BCUT2D eigenvalue weighted by atomic mass is 10.3. The number of nitrogens with one attached hydrogen (secondary N) is 1. The quantitative estimate of drug-likeness (QED) is 0.711. The molecule has 0 unspecified atom stereocenters. The number of rotatable bonds is 4. The number of halogens is 3. The molecule has 124 valence electrons. The van der Waals surface area contributed by atoms with Gasteiger partial charge in [-0.3, -0.25) is 4.72 Å². The lowest BCUT2D eigenvalue weighted by Crippen LogP contribution is -2.17. The summed E-state index contributed by atoms with van der Waals surface area (Å²) in [4.78, 5) is -0.683. The molecule has 1 N–H and O–H groups in total. The Morgan fingerprint density at radius 2 is 1.92 bits per heavy atom. The topological polar surface area (TPSA) is 76.9 Å². The van der Waals surface area contributed by atoms with Crippen molar-refractivity contribution in [3.63, 3.8) is 0 Å². The van der Waals surface area contributed by atoms with Gasteiger partial charge in [-0.1, -0.05) is 17.3 Å². The van der Waals surface area contributed by atoms with Crippen molar-refractivity contribution in [2.45, 2.75) is 4.90 Å². The highest BCUT2D eigenvalue weighted by molar-refractivity contribution is 9.10. The zero-order valence-corrected chi connectivity index (χ0v) is 14.2. The van der Waals surface area contributed by atoms with Crippen molar-refractivity contribution in [3.8, 4) is 5.69 Å². The van der Waals surface area contributed by atoms with E-state index in [1.54, 1.807) is 18.2 Å². The van der Waals surface area contributed by atoms with E-state index in [4.69, 9.17) is 0 Å². The lowest BCUT2D eigenvalue weighted by molar-refractivity contribution is 0.548. The first-order valence-corrected chi connectivity index (χ1v) is 8.79. The third-order valence-corrected chi connectivity index (χ3v) is 5.38. The van der Waals surface area contributed by atoms with Gasteiger partial charge in [0.05, 0.1) is 23.8 Å². The standard InChI is InChI=1S/C14H9BrF2N4O2S/c15-10-7-9(16)8-11(17)14(10)24(22,23)19-12-3-1-2-4-13(12)21-6-5-18-20-21/h1-8,19H. The molecule has 6 nitrogen and oxygen atoms in total. The SMILES string of the molecule is O=S(=O)(Nc1ccccc1-n1ccnn1)c1c(F)cc(F)cc1Br. The van der Waals surface area contributed by atoms with E-state index in [0.717, 1.165) is 6.07 Å². The summed E-state index contributed by atoms with van der Waals surface area (Å²) >= 11 is 2.88. The summed E-state index contributed by atoms with van der Waals surface area (Å²) in [6, 6.07) is 7.77. The lowest BCUT2D eigenvalue weighted by Gasteiger charge is -2.13. The minimum Gasteiger partial charge on any atom is -0.277 e. The molecule has 0 atom stereocenters. The van der Waals surface area contributed by atoms with Crippen LogP contribution in [0.5, 0.6) is 0 Å². The first kappa shape index (κ1) is 16.5. The smallest absolute Gasteiger partial charge is 0.266 e. The molecule has 10 heteroatoms. The van der Waals surface area contributed by atoms with Crippen LogP contribution in [-0.4, -0.2) is 23.4 Å². The first-order valence-electron chi connectivity index (χ1n) is 6.51. The maximum atomic E-state index is 14.0. The summed E-state index contributed by atoms with van der Waals surface area (Å²) in [6.07, 6.45) is 2.96. The van der Waals surface area contributed by atoms with Crippen LogP contribution in [0.3, 0.4) is 0 Å². The van der Waals surface area contributed by atoms with Crippen molar-refractivity contribution >= 4 is 31.6 Å². The van der Waals surface area contributed by atoms with Gasteiger partial charge in [-0.25, -0.2) is 21.9 Å². The highest BCUT2D eigenvalue weighted by atomic mass is 79.9. The van der Waals surface area contributed by atoms with Crippen LogP contribution in [0.25, 0.3) is 5.69 Å². The molecule has 24 heavy (non-hydrogen) atoms. The highest BCUT2D eigenvalue weighted by Gasteiger charge is 2.25. The molecule has 0 amide bonds. The third-order valence-electron chi connectivity index (χ3n) is 3.05. The fourth-order valence-corrected chi connectivity index (χ4v) is 4.32. The summed E-state index contributed by atoms with van der Waals surface area (Å²) in [5.41, 5.74) is 0.566. The Balaban J connectivity index is 2.06. The van der Waals surface area contributed by atoms with Crippen molar-refractivity contribution in [2.75, 3.05) is 4.72 Å². The van der Waals surface area contributed by atoms with Gasteiger partial charge in [-0.2, -0.15) is 0 Å². The van der Waals surface area contributed by atoms with E-state index in [0.29, 0.717) is 11.8 Å². The van der Waals surface area contributed by atoms with E-state index < -0.39 is 26.6 Å². The normalized spacial score (nSPS) is 11.5. The fraction of sp³-hybridized carbons (Fsp3) is 0. The summed E-state index contributed by atoms with van der Waals surface area (Å²) in [6.45, 7) is 0. The third kappa shape index (κ3) is 3.15. The maximum Gasteiger partial charge on any atom is 0.266 e. The number of nitrogens with zero attached hydrogens (tertiary/aromatic N) is 3. The van der Waals surface area contributed by atoms with Crippen LogP contribution < -0.4 is 4.72 Å². The van der Waals surface area contributed by atoms with E-state index in [2.05, 4.69) is 31.0 Å². The van der Waals surface area contributed by atoms with E-state index in [1.165, 1.54) is 23.1 Å². The number of hydrogen-bond acceptors (Lipinski definition) is 4. The van der Waals surface area contributed by atoms with Gasteiger partial charge in [0.25, 0.3) is 10.0 Å². The van der Waals surface area contributed by atoms with Crippen LogP contribution in [0, 0.1) is 11.6 Å². The second kappa shape index (κ2) is 6.29. The van der Waals surface area contributed by atoms with Crippen molar-refractivity contribution in [3.05, 3.63) is 64.9 Å². The minimum atomic E-state index is -4.31. The molecule has 0 aliphatic rings. The van der Waals surface area contributed by atoms with Gasteiger partial charge in [0.1, 0.15) is 16.5 Å². The first-order chi connectivity index (χ1) is 11.4. The number of aromatic nitrogens is 3. The Kier molecular flexibility index (Phi) is 4.33. The molecule has 1 heterocycles. The van der Waals surface area contributed by atoms with Crippen LogP contribution in [0.1, 0.15) is 0 Å².